The van der Waals surface area contributed by atoms with Gasteiger partial charge in [-0.25, -0.2) is 4.57 Å². The van der Waals surface area contributed by atoms with E-state index in [1.807, 2.05) is 0 Å². The number of nitrogens with zero attached hydrogens (tertiary/aromatic N) is 3. The molecule has 0 saturated carbocycles. The molecule has 0 aromatic carbocycles. The van der Waals surface area contributed by atoms with Crippen LogP contribution in [-0.4, -0.2) is 28.7 Å². The zero-order valence-corrected chi connectivity index (χ0v) is 7.68. The lowest BCUT2D eigenvalue weighted by Crippen LogP contribution is -2.34. The molecular formula is C6H10N3O3S+. The molecule has 0 unspecified atom stereocenters. The predicted molar refractivity (Wildman–Crippen MR) is 43.3 cm³/mol. The van der Waals surface area contributed by atoms with Gasteiger partial charge in [-0.2, -0.15) is 8.42 Å². The van der Waals surface area contributed by atoms with Crippen molar-refractivity contribution in [3.8, 4) is 0 Å². The van der Waals surface area contributed by atoms with Gasteiger partial charge >= 0.3 is 0 Å². The smallest absolute Gasteiger partial charge is 0.264 e. The van der Waals surface area contributed by atoms with Gasteiger partial charge < -0.3 is 0 Å². The van der Waals surface area contributed by atoms with Crippen LogP contribution in [0.15, 0.2) is 19.0 Å². The van der Waals surface area contributed by atoms with E-state index in [-0.39, 0.29) is 5.75 Å². The first kappa shape index (κ1) is 10.0. The summed E-state index contributed by atoms with van der Waals surface area (Å²) in [7, 11) is -3.85. The summed E-state index contributed by atoms with van der Waals surface area (Å²) in [6, 6.07) is 0. The number of rotatable bonds is 4. The molecule has 0 bridgehead atoms. The molecule has 13 heavy (non-hydrogen) atoms. The van der Waals surface area contributed by atoms with E-state index < -0.39 is 10.1 Å². The Morgan fingerprint density at radius 1 is 1.31 bits per heavy atom. The van der Waals surface area contributed by atoms with Crippen LogP contribution in [0.3, 0.4) is 0 Å². The average Bonchev–Trinajstić information content (AvgIpc) is 2.04. The minimum absolute atomic E-state index is 0.241. The molecule has 0 radical (unpaired) electrons. The zero-order valence-electron chi connectivity index (χ0n) is 6.87. The molecule has 0 fully saturated rings. The van der Waals surface area contributed by atoms with Crippen LogP contribution < -0.4 is 4.57 Å². The van der Waals surface area contributed by atoms with Gasteiger partial charge in [-0.3, -0.25) is 4.55 Å². The highest BCUT2D eigenvalue weighted by molar-refractivity contribution is 7.85. The monoisotopic (exact) mass is 204 g/mol. The summed E-state index contributed by atoms with van der Waals surface area (Å²) in [6.07, 6.45) is 4.81. The van der Waals surface area contributed by atoms with E-state index in [2.05, 4.69) is 9.97 Å². The van der Waals surface area contributed by atoms with Crippen molar-refractivity contribution < 1.29 is 17.5 Å². The van der Waals surface area contributed by atoms with E-state index >= 15 is 0 Å². The Morgan fingerprint density at radius 2 is 1.92 bits per heavy atom. The van der Waals surface area contributed by atoms with Gasteiger partial charge in [0.2, 0.25) is 12.7 Å². The molecule has 0 atom stereocenters. The second-order valence-electron chi connectivity index (χ2n) is 2.52. The van der Waals surface area contributed by atoms with Crippen LogP contribution in [0.4, 0.5) is 0 Å². The molecule has 1 aromatic rings. The van der Waals surface area contributed by atoms with E-state index in [9.17, 15) is 8.42 Å². The van der Waals surface area contributed by atoms with Crippen molar-refractivity contribution in [2.75, 3.05) is 5.75 Å². The van der Waals surface area contributed by atoms with Crippen molar-refractivity contribution in [1.82, 2.24) is 9.97 Å². The quantitative estimate of drug-likeness (QED) is 0.504. The fourth-order valence-corrected chi connectivity index (χ4v) is 1.34. The summed E-state index contributed by atoms with van der Waals surface area (Å²) in [5, 5.41) is 0. The van der Waals surface area contributed by atoms with Gasteiger partial charge in [0, 0.05) is 0 Å². The Hall–Kier alpha value is -1.08. The van der Waals surface area contributed by atoms with Crippen LogP contribution in [0.25, 0.3) is 0 Å². The predicted octanol–water partition coefficient (Wildman–Crippen LogP) is -0.958. The number of aromatic nitrogens is 3. The van der Waals surface area contributed by atoms with E-state index in [1.54, 1.807) is 4.57 Å². The minimum atomic E-state index is -3.85. The van der Waals surface area contributed by atoms with Crippen molar-refractivity contribution in [3.63, 3.8) is 0 Å². The molecule has 0 spiro atoms. The normalized spacial score (nSPS) is 11.5. The molecule has 0 aliphatic carbocycles. The Labute approximate surface area is 76.0 Å². The lowest BCUT2D eigenvalue weighted by molar-refractivity contribution is -0.702. The van der Waals surface area contributed by atoms with Crippen LogP contribution in [0.2, 0.25) is 0 Å². The molecule has 6 nitrogen and oxygen atoms in total. The minimum Gasteiger partial charge on any atom is -0.286 e. The lowest BCUT2D eigenvalue weighted by Gasteiger charge is -1.96. The summed E-state index contributed by atoms with van der Waals surface area (Å²) >= 11 is 0. The first-order valence-corrected chi connectivity index (χ1v) is 5.28. The molecule has 1 heterocycles. The van der Waals surface area contributed by atoms with Crippen LogP contribution in [0.5, 0.6) is 0 Å². The van der Waals surface area contributed by atoms with Crippen LogP contribution in [0.1, 0.15) is 6.42 Å². The molecule has 1 aromatic heterocycles. The van der Waals surface area contributed by atoms with Crippen molar-refractivity contribution in [1.29, 1.82) is 0 Å². The summed E-state index contributed by atoms with van der Waals surface area (Å²) in [5.74, 6) is -0.241. The molecule has 72 valence electrons. The third-order valence-electron chi connectivity index (χ3n) is 1.38. The van der Waals surface area contributed by atoms with Gasteiger partial charge in [-0.05, 0) is 6.42 Å². The first-order chi connectivity index (χ1) is 6.08. The number of hydrogen-bond acceptors (Lipinski definition) is 4. The lowest BCUT2D eigenvalue weighted by atomic mass is 10.5. The van der Waals surface area contributed by atoms with Crippen molar-refractivity contribution >= 4 is 10.1 Å². The maximum absolute atomic E-state index is 10.3. The van der Waals surface area contributed by atoms with Crippen LogP contribution in [0, 0.1) is 0 Å². The van der Waals surface area contributed by atoms with Crippen molar-refractivity contribution in [3.05, 3.63) is 19.0 Å². The summed E-state index contributed by atoms with van der Waals surface area (Å²) in [6.45, 7) is 0.473. The highest BCUT2D eigenvalue weighted by Crippen LogP contribution is 1.87. The second kappa shape index (κ2) is 4.24. The Kier molecular flexibility index (Phi) is 3.26. The molecular weight excluding hydrogens is 194 g/mol. The summed E-state index contributed by atoms with van der Waals surface area (Å²) in [5.41, 5.74) is 0. The van der Waals surface area contributed by atoms with Gasteiger partial charge in [-0.1, -0.05) is 9.97 Å². The molecule has 1 N–H and O–H groups in total. The first-order valence-electron chi connectivity index (χ1n) is 3.67. The molecule has 0 aliphatic heterocycles. The highest BCUT2D eigenvalue weighted by atomic mass is 32.2. The largest absolute Gasteiger partial charge is 0.286 e. The topological polar surface area (TPSA) is 84.0 Å². The van der Waals surface area contributed by atoms with Crippen LogP contribution in [-0.2, 0) is 16.7 Å². The third kappa shape index (κ3) is 4.48. The maximum atomic E-state index is 10.3. The summed E-state index contributed by atoms with van der Waals surface area (Å²) < 4.78 is 30.7. The van der Waals surface area contributed by atoms with Gasteiger partial charge in [0.25, 0.3) is 16.4 Å². The number of hydrogen-bond donors (Lipinski definition) is 1. The average molecular weight is 204 g/mol. The number of aryl methyl sites for hydroxylation is 1. The van der Waals surface area contributed by atoms with Gasteiger partial charge in [0.1, 0.15) is 0 Å². The van der Waals surface area contributed by atoms with Crippen molar-refractivity contribution in [2.24, 2.45) is 0 Å². The van der Waals surface area contributed by atoms with Gasteiger partial charge in [-0.15, -0.1) is 0 Å². The maximum Gasteiger partial charge on any atom is 0.264 e. The Balaban J connectivity index is 2.37. The molecule has 0 amide bonds. The third-order valence-corrected chi connectivity index (χ3v) is 2.19. The van der Waals surface area contributed by atoms with E-state index in [4.69, 9.17) is 4.55 Å². The highest BCUT2D eigenvalue weighted by Gasteiger charge is 2.04. The fourth-order valence-electron chi connectivity index (χ4n) is 0.844. The molecule has 7 heteroatoms. The molecule has 0 aliphatic rings. The standard InChI is InChI=1S/C6H9N3O3S/c10-13(11,12)3-1-2-9-5-7-4-8-6-9/h4-6H,1-3H2/p+1. The zero-order chi connectivity index (χ0) is 9.73. The van der Waals surface area contributed by atoms with E-state index in [0.717, 1.165) is 0 Å². The second-order valence-corrected chi connectivity index (χ2v) is 4.09. The summed E-state index contributed by atoms with van der Waals surface area (Å²) in [4.78, 5) is 7.48. The van der Waals surface area contributed by atoms with Crippen molar-refractivity contribution in [2.45, 2.75) is 13.0 Å². The fraction of sp³-hybridized carbons (Fsp3) is 0.500. The van der Waals surface area contributed by atoms with Crippen LogP contribution >= 0.6 is 0 Å². The Bertz CT molecular complexity index is 351. The SMILES string of the molecule is O=S(=O)(O)CCC[n+]1cncnc1. The Morgan fingerprint density at radius 3 is 2.46 bits per heavy atom. The van der Waals surface area contributed by atoms with Gasteiger partial charge in [0.15, 0.2) is 0 Å². The molecule has 0 saturated heterocycles. The van der Waals surface area contributed by atoms with Gasteiger partial charge in [0.05, 0.1) is 12.3 Å². The van der Waals surface area contributed by atoms with E-state index in [0.29, 0.717) is 13.0 Å². The molecule has 1 rings (SSSR count). The van der Waals surface area contributed by atoms with E-state index in [1.165, 1.54) is 19.0 Å².